The summed E-state index contributed by atoms with van der Waals surface area (Å²) in [5.41, 5.74) is 2.31. The topological polar surface area (TPSA) is 50.5 Å². The lowest BCUT2D eigenvalue weighted by Gasteiger charge is -2.34. The van der Waals surface area contributed by atoms with Crippen molar-refractivity contribution < 1.29 is 4.79 Å². The first-order chi connectivity index (χ1) is 12.8. The van der Waals surface area contributed by atoms with E-state index in [-0.39, 0.29) is 11.9 Å². The van der Waals surface area contributed by atoms with Crippen LogP contribution in [-0.2, 0) is 0 Å². The van der Waals surface area contributed by atoms with E-state index in [4.69, 9.17) is 4.98 Å². The first kappa shape index (κ1) is 15.5. The van der Waals surface area contributed by atoms with Gasteiger partial charge in [0, 0.05) is 18.9 Å². The molecule has 1 aliphatic heterocycles. The van der Waals surface area contributed by atoms with Crippen LogP contribution in [0.1, 0.15) is 40.8 Å². The van der Waals surface area contributed by atoms with Crippen molar-refractivity contribution in [3.63, 3.8) is 0 Å². The number of benzene rings is 1. The summed E-state index contributed by atoms with van der Waals surface area (Å²) in [5, 5.41) is 1.03. The number of imidazole rings is 1. The first-order valence-corrected chi connectivity index (χ1v) is 9.71. The largest absolute Gasteiger partial charge is 0.328 e. The highest BCUT2D eigenvalue weighted by molar-refractivity contribution is 7.18. The molecule has 130 valence electrons. The Hall–Kier alpha value is -2.73. The Balaban J connectivity index is 1.51. The summed E-state index contributed by atoms with van der Waals surface area (Å²) in [7, 11) is 0. The number of amides is 1. The van der Waals surface area contributed by atoms with Crippen molar-refractivity contribution in [3.8, 4) is 0 Å². The summed E-state index contributed by atoms with van der Waals surface area (Å²) >= 11 is 1.69. The summed E-state index contributed by atoms with van der Waals surface area (Å²) in [6.07, 6.45) is 6.84. The van der Waals surface area contributed by atoms with Gasteiger partial charge >= 0.3 is 0 Å². The maximum absolute atomic E-state index is 13.2. The van der Waals surface area contributed by atoms with Crippen LogP contribution in [0.25, 0.3) is 15.9 Å². The molecule has 0 spiro atoms. The van der Waals surface area contributed by atoms with Crippen LogP contribution in [0.5, 0.6) is 0 Å². The van der Waals surface area contributed by atoms with Crippen LogP contribution in [0.3, 0.4) is 0 Å². The highest BCUT2D eigenvalue weighted by Crippen LogP contribution is 2.36. The molecule has 0 N–H and O–H groups in total. The van der Waals surface area contributed by atoms with Crippen molar-refractivity contribution in [2.75, 3.05) is 6.54 Å². The molecule has 3 aromatic heterocycles. The standard InChI is InChI=1S/C20H18N4OS/c25-20(15-13-23-11-5-4-10-18(23)21-15)24-12-6-3-8-16(24)19-22-14-7-1-2-9-17(14)26-19/h1-2,4-5,7,9-11,13,16H,3,6,8,12H2/t16-/m0/s1. The molecular weight excluding hydrogens is 344 g/mol. The Morgan fingerprint density at radius 2 is 1.96 bits per heavy atom. The Labute approximate surface area is 154 Å². The van der Waals surface area contributed by atoms with Gasteiger partial charge in [-0.3, -0.25) is 4.79 Å². The molecule has 1 aliphatic rings. The molecule has 1 aromatic carbocycles. The number of hydrogen-bond donors (Lipinski definition) is 0. The minimum absolute atomic E-state index is 0.00217. The average molecular weight is 362 g/mol. The van der Waals surface area contributed by atoms with Gasteiger partial charge in [-0.1, -0.05) is 18.2 Å². The van der Waals surface area contributed by atoms with Gasteiger partial charge in [-0.05, 0) is 43.5 Å². The van der Waals surface area contributed by atoms with Crippen molar-refractivity contribution >= 4 is 33.1 Å². The van der Waals surface area contributed by atoms with E-state index in [1.165, 1.54) is 4.70 Å². The third-order valence-corrected chi connectivity index (χ3v) is 6.08. The lowest BCUT2D eigenvalue weighted by atomic mass is 10.0. The summed E-state index contributed by atoms with van der Waals surface area (Å²) in [4.78, 5) is 24.5. The number of rotatable bonds is 2. The maximum Gasteiger partial charge on any atom is 0.274 e. The van der Waals surface area contributed by atoms with Gasteiger partial charge in [-0.2, -0.15) is 0 Å². The van der Waals surface area contributed by atoms with Gasteiger partial charge in [0.05, 0.1) is 16.3 Å². The molecule has 0 saturated carbocycles. The van der Waals surface area contributed by atoms with E-state index < -0.39 is 0 Å². The number of likely N-dealkylation sites (tertiary alicyclic amines) is 1. The van der Waals surface area contributed by atoms with Crippen LogP contribution in [0, 0.1) is 0 Å². The van der Waals surface area contributed by atoms with E-state index in [0.29, 0.717) is 5.69 Å². The van der Waals surface area contributed by atoms with Crippen molar-refractivity contribution in [3.05, 3.63) is 65.6 Å². The maximum atomic E-state index is 13.2. The Morgan fingerprint density at radius 3 is 2.85 bits per heavy atom. The zero-order chi connectivity index (χ0) is 17.5. The molecule has 6 heteroatoms. The minimum Gasteiger partial charge on any atom is -0.328 e. The summed E-state index contributed by atoms with van der Waals surface area (Å²) < 4.78 is 3.07. The number of hydrogen-bond acceptors (Lipinski definition) is 4. The third-order valence-electron chi connectivity index (χ3n) is 4.94. The second-order valence-corrected chi connectivity index (χ2v) is 7.68. The Morgan fingerprint density at radius 1 is 1.08 bits per heavy atom. The smallest absolute Gasteiger partial charge is 0.274 e. The fraction of sp³-hybridized carbons (Fsp3) is 0.250. The summed E-state index contributed by atoms with van der Waals surface area (Å²) in [6, 6.07) is 14.0. The number of carbonyl (C=O) groups is 1. The van der Waals surface area contributed by atoms with E-state index in [1.54, 1.807) is 11.3 Å². The Bertz CT molecular complexity index is 1030. The summed E-state index contributed by atoms with van der Waals surface area (Å²) in [5.74, 6) is -0.00217. The highest BCUT2D eigenvalue weighted by atomic mass is 32.1. The van der Waals surface area contributed by atoms with Crippen molar-refractivity contribution in [1.29, 1.82) is 0 Å². The molecular formula is C20H18N4OS. The first-order valence-electron chi connectivity index (χ1n) is 8.90. The van der Waals surface area contributed by atoms with Gasteiger partial charge in [0.15, 0.2) is 0 Å². The number of fused-ring (bicyclic) bond motifs is 2. The number of para-hydroxylation sites is 1. The fourth-order valence-electron chi connectivity index (χ4n) is 3.65. The SMILES string of the molecule is O=C(c1cn2ccccc2n1)N1CCCC[C@H]1c1nc2ccccc2s1. The molecule has 5 nitrogen and oxygen atoms in total. The minimum atomic E-state index is -0.00217. The molecule has 5 rings (SSSR count). The van der Waals surface area contributed by atoms with Crippen LogP contribution in [0.2, 0.25) is 0 Å². The number of thiazole rings is 1. The van der Waals surface area contributed by atoms with E-state index in [1.807, 2.05) is 58.1 Å². The van der Waals surface area contributed by atoms with Crippen molar-refractivity contribution in [2.24, 2.45) is 0 Å². The van der Waals surface area contributed by atoms with Gasteiger partial charge in [0.25, 0.3) is 5.91 Å². The molecule has 0 unspecified atom stereocenters. The zero-order valence-corrected chi connectivity index (χ0v) is 15.0. The predicted molar refractivity (Wildman–Crippen MR) is 102 cm³/mol. The van der Waals surface area contributed by atoms with Gasteiger partial charge in [-0.25, -0.2) is 9.97 Å². The van der Waals surface area contributed by atoms with E-state index in [2.05, 4.69) is 11.1 Å². The molecule has 1 amide bonds. The molecule has 0 aliphatic carbocycles. The lowest BCUT2D eigenvalue weighted by molar-refractivity contribution is 0.0606. The van der Waals surface area contributed by atoms with Crippen molar-refractivity contribution in [2.45, 2.75) is 25.3 Å². The molecule has 1 fully saturated rings. The van der Waals surface area contributed by atoms with Crippen molar-refractivity contribution in [1.82, 2.24) is 19.3 Å². The van der Waals surface area contributed by atoms with E-state index in [9.17, 15) is 4.79 Å². The second-order valence-electron chi connectivity index (χ2n) is 6.62. The van der Waals surface area contributed by atoms with Crippen LogP contribution >= 0.6 is 11.3 Å². The van der Waals surface area contributed by atoms with Gasteiger partial charge in [0.2, 0.25) is 0 Å². The average Bonchev–Trinajstić information content (AvgIpc) is 3.31. The normalized spacial score (nSPS) is 17.8. The molecule has 4 aromatic rings. The van der Waals surface area contributed by atoms with Gasteiger partial charge < -0.3 is 9.30 Å². The van der Waals surface area contributed by atoms with E-state index in [0.717, 1.165) is 42.0 Å². The highest BCUT2D eigenvalue weighted by Gasteiger charge is 2.32. The van der Waals surface area contributed by atoms with Gasteiger partial charge in [0.1, 0.15) is 16.3 Å². The van der Waals surface area contributed by atoms with Crippen LogP contribution < -0.4 is 0 Å². The number of pyridine rings is 1. The molecule has 0 bridgehead atoms. The molecule has 1 atom stereocenters. The van der Waals surface area contributed by atoms with Gasteiger partial charge in [-0.15, -0.1) is 11.3 Å². The van der Waals surface area contributed by atoms with Crippen LogP contribution in [0.15, 0.2) is 54.9 Å². The Kier molecular flexibility index (Phi) is 3.71. The number of carbonyl (C=O) groups excluding carboxylic acids is 1. The molecule has 4 heterocycles. The number of nitrogens with zero attached hydrogens (tertiary/aromatic N) is 4. The molecule has 26 heavy (non-hydrogen) atoms. The number of piperidine rings is 1. The summed E-state index contributed by atoms with van der Waals surface area (Å²) in [6.45, 7) is 0.757. The van der Waals surface area contributed by atoms with Crippen LogP contribution in [-0.4, -0.2) is 31.7 Å². The fourth-order valence-corrected chi connectivity index (χ4v) is 4.76. The van der Waals surface area contributed by atoms with E-state index >= 15 is 0 Å². The zero-order valence-electron chi connectivity index (χ0n) is 14.2. The predicted octanol–water partition coefficient (Wildman–Crippen LogP) is 4.31. The number of aromatic nitrogens is 3. The molecule has 1 saturated heterocycles. The van der Waals surface area contributed by atoms with Crippen LogP contribution in [0.4, 0.5) is 0 Å². The quantitative estimate of drug-likeness (QED) is 0.534. The second kappa shape index (κ2) is 6.21. The third kappa shape index (κ3) is 2.57. The lowest BCUT2D eigenvalue weighted by Crippen LogP contribution is -2.38. The monoisotopic (exact) mass is 362 g/mol. The molecule has 0 radical (unpaired) electrons.